The van der Waals surface area contributed by atoms with Crippen molar-refractivity contribution in [1.29, 1.82) is 0 Å². The van der Waals surface area contributed by atoms with Gasteiger partial charge in [-0.2, -0.15) is 0 Å². The van der Waals surface area contributed by atoms with Crippen LogP contribution >= 0.6 is 11.6 Å². The summed E-state index contributed by atoms with van der Waals surface area (Å²) < 4.78 is 4.94. The molecule has 0 saturated carbocycles. The van der Waals surface area contributed by atoms with E-state index in [0.717, 1.165) is 5.69 Å². The number of amides is 1. The number of hydrogen-bond acceptors (Lipinski definition) is 6. The topological polar surface area (TPSA) is 93.2 Å². The van der Waals surface area contributed by atoms with Crippen LogP contribution in [0.3, 0.4) is 0 Å². The SMILES string of the molecule is CCOC(=O)c1ccc(Nc2ccc(C(=O)Nc3ccccc3Cl)nn2)cc1. The molecule has 0 unspecified atom stereocenters. The van der Waals surface area contributed by atoms with E-state index < -0.39 is 5.91 Å². The highest BCUT2D eigenvalue weighted by atomic mass is 35.5. The predicted octanol–water partition coefficient (Wildman–Crippen LogP) is 4.30. The molecule has 0 aliphatic rings. The largest absolute Gasteiger partial charge is 0.462 e. The van der Waals surface area contributed by atoms with Crippen LogP contribution < -0.4 is 10.6 Å². The molecule has 1 amide bonds. The number of rotatable bonds is 6. The maximum absolute atomic E-state index is 12.3. The zero-order chi connectivity index (χ0) is 19.9. The zero-order valence-corrected chi connectivity index (χ0v) is 15.7. The summed E-state index contributed by atoms with van der Waals surface area (Å²) in [5.41, 5.74) is 1.84. The van der Waals surface area contributed by atoms with E-state index in [-0.39, 0.29) is 11.7 Å². The fourth-order valence-corrected chi connectivity index (χ4v) is 2.50. The van der Waals surface area contributed by atoms with Gasteiger partial charge in [0, 0.05) is 5.69 Å². The molecule has 0 spiro atoms. The number of ether oxygens (including phenoxy) is 1. The van der Waals surface area contributed by atoms with Crippen LogP contribution in [-0.2, 0) is 4.74 Å². The van der Waals surface area contributed by atoms with Gasteiger partial charge in [0.05, 0.1) is 22.9 Å². The zero-order valence-electron chi connectivity index (χ0n) is 15.0. The molecular formula is C20H17ClN4O3. The van der Waals surface area contributed by atoms with Crippen LogP contribution in [0.25, 0.3) is 0 Å². The number of benzene rings is 2. The summed E-state index contributed by atoms with van der Waals surface area (Å²) >= 11 is 6.03. The first-order chi connectivity index (χ1) is 13.6. The van der Waals surface area contributed by atoms with Crippen molar-refractivity contribution < 1.29 is 14.3 Å². The minimum Gasteiger partial charge on any atom is -0.462 e. The molecule has 7 nitrogen and oxygen atoms in total. The molecule has 0 aliphatic carbocycles. The molecule has 1 heterocycles. The van der Waals surface area contributed by atoms with Gasteiger partial charge in [0.15, 0.2) is 11.5 Å². The number of nitrogens with zero attached hydrogens (tertiary/aromatic N) is 2. The van der Waals surface area contributed by atoms with Gasteiger partial charge in [-0.1, -0.05) is 23.7 Å². The van der Waals surface area contributed by atoms with Crippen LogP contribution in [0.15, 0.2) is 60.7 Å². The van der Waals surface area contributed by atoms with Crippen molar-refractivity contribution in [2.45, 2.75) is 6.92 Å². The Balaban J connectivity index is 1.63. The number of anilines is 3. The number of aromatic nitrogens is 2. The third-order valence-electron chi connectivity index (χ3n) is 3.69. The van der Waals surface area contributed by atoms with Gasteiger partial charge in [-0.25, -0.2) is 4.79 Å². The van der Waals surface area contributed by atoms with Crippen molar-refractivity contribution >= 4 is 40.7 Å². The lowest BCUT2D eigenvalue weighted by Crippen LogP contribution is -2.14. The van der Waals surface area contributed by atoms with E-state index in [1.807, 2.05) is 0 Å². The van der Waals surface area contributed by atoms with E-state index >= 15 is 0 Å². The van der Waals surface area contributed by atoms with Crippen LogP contribution in [0.4, 0.5) is 17.2 Å². The minimum absolute atomic E-state index is 0.156. The number of para-hydroxylation sites is 1. The standard InChI is InChI=1S/C20H17ClN4O3/c1-2-28-20(27)13-7-9-14(10-8-13)22-18-12-11-17(24-25-18)19(26)23-16-6-4-3-5-15(16)21/h3-12H,2H2,1H3,(H,22,25)(H,23,26). The summed E-state index contributed by atoms with van der Waals surface area (Å²) in [5, 5.41) is 14.1. The number of hydrogen-bond donors (Lipinski definition) is 2. The third kappa shape index (κ3) is 4.83. The highest BCUT2D eigenvalue weighted by molar-refractivity contribution is 6.33. The summed E-state index contributed by atoms with van der Waals surface area (Å²) in [7, 11) is 0. The quantitative estimate of drug-likeness (QED) is 0.603. The molecule has 3 rings (SSSR count). The second kappa shape index (κ2) is 8.96. The molecule has 28 heavy (non-hydrogen) atoms. The minimum atomic E-state index is -0.411. The van der Waals surface area contributed by atoms with Crippen LogP contribution in [0, 0.1) is 0 Å². The molecule has 1 aromatic heterocycles. The Bertz CT molecular complexity index is 976. The number of carbonyl (C=O) groups excluding carboxylic acids is 2. The second-order valence-electron chi connectivity index (χ2n) is 5.66. The Morgan fingerprint density at radius 3 is 2.39 bits per heavy atom. The van der Waals surface area contributed by atoms with Gasteiger partial charge in [0.2, 0.25) is 0 Å². The molecule has 0 atom stereocenters. The van der Waals surface area contributed by atoms with Crippen molar-refractivity contribution in [3.8, 4) is 0 Å². The van der Waals surface area contributed by atoms with Gasteiger partial charge in [-0.15, -0.1) is 10.2 Å². The van der Waals surface area contributed by atoms with E-state index in [2.05, 4.69) is 20.8 Å². The average molecular weight is 397 g/mol. The fraction of sp³-hybridized carbons (Fsp3) is 0.100. The summed E-state index contributed by atoms with van der Waals surface area (Å²) in [6, 6.07) is 16.9. The third-order valence-corrected chi connectivity index (χ3v) is 4.02. The fourth-order valence-electron chi connectivity index (χ4n) is 2.32. The molecule has 0 bridgehead atoms. The maximum atomic E-state index is 12.3. The van der Waals surface area contributed by atoms with E-state index in [9.17, 15) is 9.59 Å². The van der Waals surface area contributed by atoms with Crippen molar-refractivity contribution in [3.63, 3.8) is 0 Å². The molecule has 8 heteroatoms. The van der Waals surface area contributed by atoms with Gasteiger partial charge in [0.25, 0.3) is 5.91 Å². The monoisotopic (exact) mass is 396 g/mol. The summed E-state index contributed by atoms with van der Waals surface area (Å²) in [6.45, 7) is 2.08. The first-order valence-corrected chi connectivity index (χ1v) is 8.88. The first-order valence-electron chi connectivity index (χ1n) is 8.50. The van der Waals surface area contributed by atoms with E-state index in [4.69, 9.17) is 16.3 Å². The van der Waals surface area contributed by atoms with E-state index in [0.29, 0.717) is 28.7 Å². The Morgan fingerprint density at radius 1 is 1.00 bits per heavy atom. The molecule has 2 N–H and O–H groups in total. The molecule has 0 radical (unpaired) electrons. The Kier molecular flexibility index (Phi) is 6.18. The number of carbonyl (C=O) groups is 2. The highest BCUT2D eigenvalue weighted by Crippen LogP contribution is 2.21. The number of esters is 1. The smallest absolute Gasteiger partial charge is 0.338 e. The highest BCUT2D eigenvalue weighted by Gasteiger charge is 2.11. The average Bonchev–Trinajstić information content (AvgIpc) is 2.71. The number of halogens is 1. The lowest BCUT2D eigenvalue weighted by molar-refractivity contribution is 0.0526. The van der Waals surface area contributed by atoms with Crippen LogP contribution in [0.5, 0.6) is 0 Å². The van der Waals surface area contributed by atoms with Gasteiger partial charge in [0.1, 0.15) is 0 Å². The molecule has 142 valence electrons. The molecule has 0 fully saturated rings. The first kappa shape index (κ1) is 19.3. The Hall–Kier alpha value is -3.45. The van der Waals surface area contributed by atoms with Crippen LogP contribution in [0.1, 0.15) is 27.8 Å². The van der Waals surface area contributed by atoms with Gasteiger partial charge in [-0.05, 0) is 55.5 Å². The van der Waals surface area contributed by atoms with Crippen LogP contribution in [0.2, 0.25) is 5.02 Å². The normalized spacial score (nSPS) is 10.2. The molecule has 0 aliphatic heterocycles. The number of nitrogens with one attached hydrogen (secondary N) is 2. The van der Waals surface area contributed by atoms with E-state index in [1.54, 1.807) is 67.6 Å². The lowest BCUT2D eigenvalue weighted by Gasteiger charge is -2.08. The predicted molar refractivity (Wildman–Crippen MR) is 107 cm³/mol. The molecular weight excluding hydrogens is 380 g/mol. The van der Waals surface area contributed by atoms with Crippen molar-refractivity contribution in [3.05, 3.63) is 76.9 Å². The van der Waals surface area contributed by atoms with Crippen LogP contribution in [-0.4, -0.2) is 28.7 Å². The summed E-state index contributed by atoms with van der Waals surface area (Å²) in [6.07, 6.45) is 0. The summed E-state index contributed by atoms with van der Waals surface area (Å²) in [5.74, 6) is -0.327. The lowest BCUT2D eigenvalue weighted by atomic mass is 10.2. The molecule has 0 saturated heterocycles. The Labute approximate surface area is 166 Å². The van der Waals surface area contributed by atoms with Gasteiger partial charge < -0.3 is 15.4 Å². The second-order valence-corrected chi connectivity index (χ2v) is 6.07. The Morgan fingerprint density at radius 2 is 1.75 bits per heavy atom. The maximum Gasteiger partial charge on any atom is 0.338 e. The molecule has 3 aromatic rings. The van der Waals surface area contributed by atoms with Crippen molar-refractivity contribution in [1.82, 2.24) is 10.2 Å². The van der Waals surface area contributed by atoms with Gasteiger partial charge in [-0.3, -0.25) is 4.79 Å². The van der Waals surface area contributed by atoms with E-state index in [1.165, 1.54) is 0 Å². The summed E-state index contributed by atoms with van der Waals surface area (Å²) in [4.78, 5) is 23.9. The van der Waals surface area contributed by atoms with Gasteiger partial charge >= 0.3 is 5.97 Å². The van der Waals surface area contributed by atoms with Crippen molar-refractivity contribution in [2.75, 3.05) is 17.2 Å². The van der Waals surface area contributed by atoms with Crippen molar-refractivity contribution in [2.24, 2.45) is 0 Å². The molecule has 2 aromatic carbocycles.